The summed E-state index contributed by atoms with van der Waals surface area (Å²) >= 11 is 0. The average Bonchev–Trinajstić information content (AvgIpc) is 2.72. The van der Waals surface area contributed by atoms with Crippen LogP contribution in [0.4, 0.5) is 0 Å². The molecule has 1 aromatic carbocycles. The van der Waals surface area contributed by atoms with Crippen LogP contribution in [0.5, 0.6) is 0 Å². The van der Waals surface area contributed by atoms with Crippen molar-refractivity contribution in [3.05, 3.63) is 42.0 Å². The van der Waals surface area contributed by atoms with E-state index >= 15 is 0 Å². The molecule has 2 rings (SSSR count). The number of benzene rings is 1. The molecule has 0 radical (unpaired) electrons. The summed E-state index contributed by atoms with van der Waals surface area (Å²) in [6.07, 6.45) is 0. The van der Waals surface area contributed by atoms with Crippen molar-refractivity contribution in [1.29, 1.82) is 0 Å². The highest BCUT2D eigenvalue weighted by Gasteiger charge is 2.41. The first-order valence-electron chi connectivity index (χ1n) is 6.59. The first kappa shape index (κ1) is 15.2. The molecule has 0 aliphatic carbocycles. The number of aryl methyl sites for hydroxylation is 1. The average molecular weight is 295 g/mol. The van der Waals surface area contributed by atoms with Gasteiger partial charge in [0, 0.05) is 19.0 Å². The van der Waals surface area contributed by atoms with Gasteiger partial charge in [-0.05, 0) is 32.9 Å². The zero-order valence-electron chi connectivity index (χ0n) is 12.1. The molecule has 0 unspecified atom stereocenters. The summed E-state index contributed by atoms with van der Waals surface area (Å²) in [5.41, 5.74) is 0.812. The van der Waals surface area contributed by atoms with E-state index in [4.69, 9.17) is 0 Å². The first-order valence-corrected chi connectivity index (χ1v) is 8.03. The van der Waals surface area contributed by atoms with Crippen LogP contribution in [-0.4, -0.2) is 36.5 Å². The Labute approximate surface area is 120 Å². The molecule has 5 heteroatoms. The molecule has 1 aliphatic rings. The minimum Gasteiger partial charge on any atom is -0.390 e. The molecular weight excluding hydrogens is 274 g/mol. The van der Waals surface area contributed by atoms with Crippen LogP contribution in [0.2, 0.25) is 0 Å². The second-order valence-electron chi connectivity index (χ2n) is 5.98. The van der Waals surface area contributed by atoms with E-state index in [2.05, 4.69) is 6.58 Å². The lowest BCUT2D eigenvalue weighted by atomic mass is 9.88. The molecule has 20 heavy (non-hydrogen) atoms. The van der Waals surface area contributed by atoms with Crippen LogP contribution in [0.25, 0.3) is 0 Å². The van der Waals surface area contributed by atoms with E-state index in [0.717, 1.165) is 11.1 Å². The molecule has 0 spiro atoms. The SMILES string of the molecule is C=C1CN(S(=O)(=O)c2ccc(C)cc2)C[C@@H]1C(C)(C)O. The number of sulfonamides is 1. The quantitative estimate of drug-likeness (QED) is 0.867. The van der Waals surface area contributed by atoms with Crippen LogP contribution in [0, 0.1) is 12.8 Å². The highest BCUT2D eigenvalue weighted by atomic mass is 32.2. The predicted octanol–water partition coefficient (Wildman–Crippen LogP) is 1.94. The summed E-state index contributed by atoms with van der Waals surface area (Å²) in [6, 6.07) is 6.80. The summed E-state index contributed by atoms with van der Waals surface area (Å²) in [7, 11) is -3.52. The molecule has 1 saturated heterocycles. The monoisotopic (exact) mass is 295 g/mol. The molecule has 0 amide bonds. The number of hydrogen-bond donors (Lipinski definition) is 1. The molecular formula is C15H21NO3S. The van der Waals surface area contributed by atoms with E-state index in [-0.39, 0.29) is 23.9 Å². The van der Waals surface area contributed by atoms with Gasteiger partial charge in [-0.3, -0.25) is 0 Å². The molecule has 0 bridgehead atoms. The lowest BCUT2D eigenvalue weighted by Gasteiger charge is -2.26. The van der Waals surface area contributed by atoms with E-state index in [9.17, 15) is 13.5 Å². The lowest BCUT2D eigenvalue weighted by Crippen LogP contribution is -2.35. The van der Waals surface area contributed by atoms with Crippen LogP contribution < -0.4 is 0 Å². The van der Waals surface area contributed by atoms with E-state index in [1.807, 2.05) is 6.92 Å². The summed E-state index contributed by atoms with van der Waals surface area (Å²) < 4.78 is 26.5. The second kappa shape index (κ2) is 4.98. The van der Waals surface area contributed by atoms with Gasteiger partial charge in [0.25, 0.3) is 0 Å². The zero-order chi connectivity index (χ0) is 15.1. The topological polar surface area (TPSA) is 57.6 Å². The Kier molecular flexibility index (Phi) is 3.79. The van der Waals surface area contributed by atoms with Gasteiger partial charge in [0.1, 0.15) is 0 Å². The van der Waals surface area contributed by atoms with Gasteiger partial charge in [-0.25, -0.2) is 8.42 Å². The molecule has 4 nitrogen and oxygen atoms in total. The fourth-order valence-electron chi connectivity index (χ4n) is 2.50. The van der Waals surface area contributed by atoms with Crippen LogP contribution in [0.1, 0.15) is 19.4 Å². The van der Waals surface area contributed by atoms with Crippen LogP contribution >= 0.6 is 0 Å². The normalized spacial score (nSPS) is 21.4. The molecule has 1 atom stereocenters. The van der Waals surface area contributed by atoms with Crippen molar-refractivity contribution in [2.45, 2.75) is 31.3 Å². The molecule has 0 aromatic heterocycles. The van der Waals surface area contributed by atoms with Crippen molar-refractivity contribution < 1.29 is 13.5 Å². The predicted molar refractivity (Wildman–Crippen MR) is 78.9 cm³/mol. The third-order valence-electron chi connectivity index (χ3n) is 3.77. The maximum absolute atomic E-state index is 12.6. The van der Waals surface area contributed by atoms with Crippen molar-refractivity contribution in [3.8, 4) is 0 Å². The number of nitrogens with zero attached hydrogens (tertiary/aromatic N) is 1. The third-order valence-corrected chi connectivity index (χ3v) is 5.60. The maximum atomic E-state index is 12.6. The smallest absolute Gasteiger partial charge is 0.243 e. The van der Waals surface area contributed by atoms with E-state index < -0.39 is 15.6 Å². The van der Waals surface area contributed by atoms with Crippen LogP contribution in [-0.2, 0) is 10.0 Å². The molecule has 1 fully saturated rings. The first-order chi connectivity index (χ1) is 9.12. The summed E-state index contributed by atoms with van der Waals surface area (Å²) in [6.45, 7) is 9.74. The van der Waals surface area contributed by atoms with Crippen molar-refractivity contribution in [2.24, 2.45) is 5.92 Å². The van der Waals surface area contributed by atoms with Crippen molar-refractivity contribution in [2.75, 3.05) is 13.1 Å². The van der Waals surface area contributed by atoms with Gasteiger partial charge in [-0.1, -0.05) is 29.8 Å². The summed E-state index contributed by atoms with van der Waals surface area (Å²) in [4.78, 5) is 0.285. The van der Waals surface area contributed by atoms with E-state index in [1.165, 1.54) is 4.31 Å². The molecule has 1 aromatic rings. The number of hydrogen-bond acceptors (Lipinski definition) is 3. The van der Waals surface area contributed by atoms with Gasteiger partial charge in [-0.15, -0.1) is 0 Å². The molecule has 0 saturated carbocycles. The van der Waals surface area contributed by atoms with Gasteiger partial charge in [-0.2, -0.15) is 4.31 Å². The fraction of sp³-hybridized carbons (Fsp3) is 0.467. The van der Waals surface area contributed by atoms with Crippen molar-refractivity contribution >= 4 is 10.0 Å². The Balaban J connectivity index is 2.29. The molecule has 1 N–H and O–H groups in total. The molecule has 1 heterocycles. The maximum Gasteiger partial charge on any atom is 0.243 e. The van der Waals surface area contributed by atoms with Crippen LogP contribution in [0.3, 0.4) is 0 Å². The highest BCUT2D eigenvalue weighted by molar-refractivity contribution is 7.89. The van der Waals surface area contributed by atoms with Crippen LogP contribution in [0.15, 0.2) is 41.3 Å². The van der Waals surface area contributed by atoms with Gasteiger partial charge in [0.15, 0.2) is 0 Å². The fourth-order valence-corrected chi connectivity index (χ4v) is 3.96. The Morgan fingerprint density at radius 2 is 1.85 bits per heavy atom. The minimum absolute atomic E-state index is 0.234. The number of rotatable bonds is 3. The van der Waals surface area contributed by atoms with Crippen molar-refractivity contribution in [3.63, 3.8) is 0 Å². The summed E-state index contributed by atoms with van der Waals surface area (Å²) in [5, 5.41) is 10.1. The van der Waals surface area contributed by atoms with Gasteiger partial charge >= 0.3 is 0 Å². The lowest BCUT2D eigenvalue weighted by molar-refractivity contribution is 0.0368. The van der Waals surface area contributed by atoms with E-state index in [0.29, 0.717) is 0 Å². The molecule has 110 valence electrons. The standard InChI is InChI=1S/C15H21NO3S/c1-11-5-7-13(8-6-11)20(18,19)16-9-12(2)14(10-16)15(3,4)17/h5-8,14,17H,2,9-10H2,1,3-4H3/t14-/m0/s1. The molecule has 1 aliphatic heterocycles. The Morgan fingerprint density at radius 1 is 1.30 bits per heavy atom. The van der Waals surface area contributed by atoms with Crippen molar-refractivity contribution in [1.82, 2.24) is 4.31 Å². The van der Waals surface area contributed by atoms with Gasteiger partial charge in [0.2, 0.25) is 10.0 Å². The van der Waals surface area contributed by atoms with E-state index in [1.54, 1.807) is 38.1 Å². The highest BCUT2D eigenvalue weighted by Crippen LogP contribution is 2.33. The number of aliphatic hydroxyl groups is 1. The zero-order valence-corrected chi connectivity index (χ0v) is 12.9. The minimum atomic E-state index is -3.52. The Bertz CT molecular complexity index is 612. The van der Waals surface area contributed by atoms with Gasteiger partial charge in [0.05, 0.1) is 10.5 Å². The summed E-state index contributed by atoms with van der Waals surface area (Å²) in [5.74, 6) is -0.234. The third kappa shape index (κ3) is 2.80. The Morgan fingerprint density at radius 3 is 2.30 bits per heavy atom. The Hall–Kier alpha value is -1.17. The van der Waals surface area contributed by atoms with Gasteiger partial charge < -0.3 is 5.11 Å². The second-order valence-corrected chi connectivity index (χ2v) is 7.91. The largest absolute Gasteiger partial charge is 0.390 e.